The predicted molar refractivity (Wildman–Crippen MR) is 87.6 cm³/mol. The molecule has 2 rings (SSSR count). The van der Waals surface area contributed by atoms with Gasteiger partial charge < -0.3 is 20.3 Å². The van der Waals surface area contributed by atoms with E-state index in [-0.39, 0.29) is 0 Å². The van der Waals surface area contributed by atoms with Crippen LogP contribution in [0.15, 0.2) is 24.3 Å². The van der Waals surface area contributed by atoms with Crippen LogP contribution in [0.1, 0.15) is 24.8 Å². The van der Waals surface area contributed by atoms with Crippen LogP contribution in [0.2, 0.25) is 0 Å². The van der Waals surface area contributed by atoms with Crippen molar-refractivity contribution in [3.63, 3.8) is 0 Å². The van der Waals surface area contributed by atoms with Crippen molar-refractivity contribution in [3.8, 4) is 5.75 Å². The first-order chi connectivity index (χ1) is 10.1. The summed E-state index contributed by atoms with van der Waals surface area (Å²) in [7, 11) is 6.58. The van der Waals surface area contributed by atoms with Gasteiger partial charge in [0.2, 0.25) is 0 Å². The lowest BCUT2D eigenvalue weighted by Crippen LogP contribution is -2.57. The van der Waals surface area contributed by atoms with Crippen molar-refractivity contribution < 1.29 is 4.74 Å². The van der Waals surface area contributed by atoms with E-state index in [2.05, 4.69) is 30.9 Å². The van der Waals surface area contributed by atoms with E-state index in [0.717, 1.165) is 24.4 Å². The van der Waals surface area contributed by atoms with Crippen LogP contribution < -0.4 is 10.5 Å². The zero-order chi connectivity index (χ0) is 15.3. The SMILES string of the molecule is CN(CCOc1cccc(CN)c1)CC1(N(C)C)CCC1. The zero-order valence-electron chi connectivity index (χ0n) is 13.6. The average Bonchev–Trinajstić information content (AvgIpc) is 2.42. The van der Waals surface area contributed by atoms with Gasteiger partial charge in [-0.25, -0.2) is 0 Å². The highest BCUT2D eigenvalue weighted by Gasteiger charge is 2.39. The van der Waals surface area contributed by atoms with Crippen LogP contribution in [0.5, 0.6) is 5.75 Å². The van der Waals surface area contributed by atoms with Gasteiger partial charge >= 0.3 is 0 Å². The Kier molecular flexibility index (Phi) is 5.62. The van der Waals surface area contributed by atoms with Crippen LogP contribution in [0, 0.1) is 0 Å². The number of nitrogens with two attached hydrogens (primary N) is 1. The van der Waals surface area contributed by atoms with Crippen molar-refractivity contribution in [2.45, 2.75) is 31.3 Å². The maximum absolute atomic E-state index is 5.83. The van der Waals surface area contributed by atoms with E-state index in [1.165, 1.54) is 19.3 Å². The zero-order valence-corrected chi connectivity index (χ0v) is 13.6. The molecule has 0 spiro atoms. The van der Waals surface area contributed by atoms with Gasteiger partial charge in [-0.1, -0.05) is 12.1 Å². The van der Waals surface area contributed by atoms with E-state index in [1.807, 2.05) is 24.3 Å². The van der Waals surface area contributed by atoms with Gasteiger partial charge in [-0.2, -0.15) is 0 Å². The van der Waals surface area contributed by atoms with Gasteiger partial charge in [-0.3, -0.25) is 0 Å². The van der Waals surface area contributed by atoms with Crippen molar-refractivity contribution >= 4 is 0 Å². The number of hydrogen-bond donors (Lipinski definition) is 1. The van der Waals surface area contributed by atoms with Gasteiger partial charge in [0.15, 0.2) is 0 Å². The molecule has 2 N–H and O–H groups in total. The van der Waals surface area contributed by atoms with Crippen molar-refractivity contribution in [2.24, 2.45) is 5.73 Å². The van der Waals surface area contributed by atoms with Gasteiger partial charge in [-0.15, -0.1) is 0 Å². The molecule has 0 bridgehead atoms. The molecule has 0 radical (unpaired) electrons. The highest BCUT2D eigenvalue weighted by atomic mass is 16.5. The molecule has 21 heavy (non-hydrogen) atoms. The fraction of sp³-hybridized carbons (Fsp3) is 0.647. The predicted octanol–water partition coefficient (Wildman–Crippen LogP) is 1.94. The molecule has 1 aromatic carbocycles. The summed E-state index contributed by atoms with van der Waals surface area (Å²) in [6.07, 6.45) is 3.97. The lowest BCUT2D eigenvalue weighted by atomic mass is 9.75. The number of hydrogen-bond acceptors (Lipinski definition) is 4. The van der Waals surface area contributed by atoms with Gasteiger partial charge in [-0.05, 0) is 58.1 Å². The average molecular weight is 291 g/mol. The minimum absolute atomic E-state index is 0.383. The van der Waals surface area contributed by atoms with Gasteiger partial charge in [0, 0.05) is 25.2 Å². The number of nitrogens with zero attached hydrogens (tertiary/aromatic N) is 2. The molecular weight excluding hydrogens is 262 g/mol. The van der Waals surface area contributed by atoms with E-state index in [0.29, 0.717) is 18.7 Å². The van der Waals surface area contributed by atoms with Crippen molar-refractivity contribution in [1.82, 2.24) is 9.80 Å². The summed E-state index contributed by atoms with van der Waals surface area (Å²) in [6, 6.07) is 8.03. The second-order valence-electron chi connectivity index (χ2n) is 6.41. The highest BCUT2D eigenvalue weighted by molar-refractivity contribution is 5.28. The van der Waals surface area contributed by atoms with Crippen LogP contribution in [0.3, 0.4) is 0 Å². The topological polar surface area (TPSA) is 41.7 Å². The molecular formula is C17H29N3O. The Labute approximate surface area is 128 Å². The number of ether oxygens (including phenoxy) is 1. The summed E-state index contributed by atoms with van der Waals surface area (Å²) in [5.41, 5.74) is 7.14. The number of rotatable bonds is 8. The van der Waals surface area contributed by atoms with E-state index in [9.17, 15) is 0 Å². The largest absolute Gasteiger partial charge is 0.492 e. The smallest absolute Gasteiger partial charge is 0.119 e. The maximum atomic E-state index is 5.83. The quantitative estimate of drug-likeness (QED) is 0.795. The second kappa shape index (κ2) is 7.25. The minimum atomic E-state index is 0.383. The monoisotopic (exact) mass is 291 g/mol. The molecule has 0 aromatic heterocycles. The number of likely N-dealkylation sites (N-methyl/N-ethyl adjacent to an activating group) is 2. The molecule has 4 heteroatoms. The third-order valence-corrected chi connectivity index (χ3v) is 4.67. The molecule has 0 unspecified atom stereocenters. The van der Waals surface area contributed by atoms with Gasteiger partial charge in [0.1, 0.15) is 12.4 Å². The normalized spacial score (nSPS) is 17.0. The van der Waals surface area contributed by atoms with Crippen LogP contribution in [-0.4, -0.2) is 56.2 Å². The summed E-state index contributed by atoms with van der Waals surface area (Å²) in [5.74, 6) is 0.914. The van der Waals surface area contributed by atoms with Crippen LogP contribution >= 0.6 is 0 Å². The van der Waals surface area contributed by atoms with Crippen molar-refractivity contribution in [3.05, 3.63) is 29.8 Å². The first kappa shape index (κ1) is 16.3. The molecule has 1 saturated carbocycles. The maximum Gasteiger partial charge on any atom is 0.119 e. The summed E-state index contributed by atoms with van der Waals surface area (Å²) in [4.78, 5) is 4.77. The molecule has 4 nitrogen and oxygen atoms in total. The summed E-state index contributed by atoms with van der Waals surface area (Å²) < 4.78 is 5.83. The molecule has 0 atom stereocenters. The minimum Gasteiger partial charge on any atom is -0.492 e. The first-order valence-corrected chi connectivity index (χ1v) is 7.83. The lowest BCUT2D eigenvalue weighted by molar-refractivity contribution is 0.0250. The molecule has 1 fully saturated rings. The van der Waals surface area contributed by atoms with Crippen LogP contribution in [0.4, 0.5) is 0 Å². The van der Waals surface area contributed by atoms with E-state index >= 15 is 0 Å². The molecule has 0 heterocycles. The van der Waals surface area contributed by atoms with E-state index in [1.54, 1.807) is 0 Å². The Balaban J connectivity index is 1.75. The van der Waals surface area contributed by atoms with E-state index in [4.69, 9.17) is 10.5 Å². The van der Waals surface area contributed by atoms with E-state index < -0.39 is 0 Å². The highest BCUT2D eigenvalue weighted by Crippen LogP contribution is 2.36. The van der Waals surface area contributed by atoms with Crippen LogP contribution in [0.25, 0.3) is 0 Å². The second-order valence-corrected chi connectivity index (χ2v) is 6.41. The standard InChI is InChI=1S/C17H29N3O/c1-19(2)17(8-5-9-17)14-20(3)10-11-21-16-7-4-6-15(12-16)13-18/h4,6-7,12H,5,8-11,13-14,18H2,1-3H3. The Hall–Kier alpha value is -1.10. The third-order valence-electron chi connectivity index (χ3n) is 4.67. The van der Waals surface area contributed by atoms with Crippen molar-refractivity contribution in [2.75, 3.05) is 40.8 Å². The first-order valence-electron chi connectivity index (χ1n) is 7.83. The van der Waals surface area contributed by atoms with Gasteiger partial charge in [0.05, 0.1) is 0 Å². The summed E-state index contributed by atoms with van der Waals surface area (Å²) in [5, 5.41) is 0. The molecule has 0 aliphatic heterocycles. The molecule has 0 amide bonds. The molecule has 118 valence electrons. The van der Waals surface area contributed by atoms with Gasteiger partial charge in [0.25, 0.3) is 0 Å². The molecule has 1 aliphatic carbocycles. The fourth-order valence-electron chi connectivity index (χ4n) is 2.99. The Bertz CT molecular complexity index is 443. The summed E-state index contributed by atoms with van der Waals surface area (Å²) in [6.45, 7) is 3.34. The molecule has 1 aromatic rings. The van der Waals surface area contributed by atoms with Crippen LogP contribution in [-0.2, 0) is 6.54 Å². The number of benzene rings is 1. The fourth-order valence-corrected chi connectivity index (χ4v) is 2.99. The Morgan fingerprint density at radius 1 is 1.24 bits per heavy atom. The Morgan fingerprint density at radius 3 is 2.57 bits per heavy atom. The molecule has 0 saturated heterocycles. The molecule has 1 aliphatic rings. The third kappa shape index (κ3) is 4.19. The van der Waals surface area contributed by atoms with Crippen molar-refractivity contribution in [1.29, 1.82) is 0 Å². The summed E-state index contributed by atoms with van der Waals surface area (Å²) >= 11 is 0. The Morgan fingerprint density at radius 2 is 2.00 bits per heavy atom. The lowest BCUT2D eigenvalue weighted by Gasteiger charge is -2.49.